The minimum Gasteiger partial charge on any atom is -0.348 e. The molecule has 0 aromatic rings. The molecule has 0 aromatic carbocycles. The second kappa shape index (κ2) is 5.97. The number of nitrogens with one attached hydrogen (secondary N) is 1. The number of unbranched alkanes of at least 4 members (excludes halogenated alkanes) is 1. The van der Waals surface area contributed by atoms with Crippen molar-refractivity contribution in [3.63, 3.8) is 0 Å². The Balaban J connectivity index is 3.71. The molecule has 0 saturated carbocycles. The van der Waals surface area contributed by atoms with E-state index < -0.39 is 0 Å². The van der Waals surface area contributed by atoms with Gasteiger partial charge in [0.25, 0.3) is 0 Å². The number of nitrogens with zero attached hydrogens (tertiary/aromatic N) is 2. The third-order valence-electron chi connectivity index (χ3n) is 1.33. The summed E-state index contributed by atoms with van der Waals surface area (Å²) in [5.74, 6) is 5.97. The molecular weight excluding hydrogens is 140 g/mol. The second-order valence-corrected chi connectivity index (χ2v) is 2.60. The first-order chi connectivity index (χ1) is 5.22. The average Bonchev–Trinajstić information content (AvgIpc) is 1.97. The van der Waals surface area contributed by atoms with Gasteiger partial charge in [-0.2, -0.15) is 0 Å². The molecule has 0 spiro atoms. The average molecular weight is 158 g/mol. The van der Waals surface area contributed by atoms with Crippen molar-refractivity contribution in [2.24, 2.45) is 10.8 Å². The lowest BCUT2D eigenvalue weighted by molar-refractivity contribution is 0.582. The molecule has 0 saturated heterocycles. The lowest BCUT2D eigenvalue weighted by atomic mass is 10.3. The fraction of sp³-hybridized carbons (Fsp3) is 0.857. The molecule has 0 aliphatic rings. The summed E-state index contributed by atoms with van der Waals surface area (Å²) in [4.78, 5) is 6.09. The Labute approximate surface area is 68.4 Å². The fourth-order valence-corrected chi connectivity index (χ4v) is 0.659. The number of nitrogens with two attached hydrogens (primary N) is 1. The van der Waals surface area contributed by atoms with E-state index in [0.717, 1.165) is 25.3 Å². The van der Waals surface area contributed by atoms with E-state index in [2.05, 4.69) is 17.3 Å². The molecule has 0 bridgehead atoms. The predicted molar refractivity (Wildman–Crippen MR) is 48.2 cm³/mol. The van der Waals surface area contributed by atoms with Crippen molar-refractivity contribution >= 4 is 5.96 Å². The summed E-state index contributed by atoms with van der Waals surface area (Å²) in [6.45, 7) is 2.98. The van der Waals surface area contributed by atoms with Crippen LogP contribution in [0.25, 0.3) is 0 Å². The minimum atomic E-state index is 0.735. The molecule has 0 atom stereocenters. The maximum absolute atomic E-state index is 5.23. The van der Waals surface area contributed by atoms with Crippen molar-refractivity contribution < 1.29 is 0 Å². The lowest BCUT2D eigenvalue weighted by Crippen LogP contribution is -2.40. The Hall–Kier alpha value is -0.770. The zero-order chi connectivity index (χ0) is 8.69. The van der Waals surface area contributed by atoms with E-state index in [4.69, 9.17) is 5.84 Å². The molecule has 0 amide bonds. The van der Waals surface area contributed by atoms with Gasteiger partial charge in [0.05, 0.1) is 0 Å². The van der Waals surface area contributed by atoms with E-state index in [1.165, 1.54) is 0 Å². The summed E-state index contributed by atoms with van der Waals surface area (Å²) < 4.78 is 0. The van der Waals surface area contributed by atoms with Crippen molar-refractivity contribution in [1.82, 2.24) is 10.3 Å². The van der Waals surface area contributed by atoms with Gasteiger partial charge in [0.2, 0.25) is 5.96 Å². The maximum atomic E-state index is 5.23. The van der Waals surface area contributed by atoms with Crippen molar-refractivity contribution in [3.8, 4) is 0 Å². The van der Waals surface area contributed by atoms with Crippen LogP contribution in [0.15, 0.2) is 4.99 Å². The molecule has 0 rings (SSSR count). The monoisotopic (exact) mass is 158 g/mol. The highest BCUT2D eigenvalue weighted by molar-refractivity contribution is 5.78. The van der Waals surface area contributed by atoms with Crippen LogP contribution in [0.3, 0.4) is 0 Å². The van der Waals surface area contributed by atoms with Gasteiger partial charge in [0.15, 0.2) is 0 Å². The smallest absolute Gasteiger partial charge is 0.207 e. The zero-order valence-electron chi connectivity index (χ0n) is 7.59. The molecule has 11 heavy (non-hydrogen) atoms. The van der Waals surface area contributed by atoms with E-state index in [1.807, 2.05) is 19.0 Å². The van der Waals surface area contributed by atoms with Gasteiger partial charge < -0.3 is 4.90 Å². The van der Waals surface area contributed by atoms with Gasteiger partial charge in [0.1, 0.15) is 0 Å². The quantitative estimate of drug-likeness (QED) is 0.202. The lowest BCUT2D eigenvalue weighted by Gasteiger charge is -2.13. The number of hydrogen-bond donors (Lipinski definition) is 2. The minimum absolute atomic E-state index is 0.735. The van der Waals surface area contributed by atoms with Crippen LogP contribution >= 0.6 is 0 Å². The largest absolute Gasteiger partial charge is 0.348 e. The summed E-state index contributed by atoms with van der Waals surface area (Å²) in [6, 6.07) is 0. The van der Waals surface area contributed by atoms with E-state index in [9.17, 15) is 0 Å². The van der Waals surface area contributed by atoms with Crippen molar-refractivity contribution in [2.75, 3.05) is 20.6 Å². The maximum Gasteiger partial charge on any atom is 0.207 e. The Bertz CT molecular complexity index is 120. The molecule has 66 valence electrons. The number of rotatable bonds is 3. The Morgan fingerprint density at radius 1 is 1.55 bits per heavy atom. The summed E-state index contributed by atoms with van der Waals surface area (Å²) in [5.41, 5.74) is 2.54. The number of hydrogen-bond acceptors (Lipinski definition) is 2. The number of hydrazine groups is 1. The van der Waals surface area contributed by atoms with E-state index >= 15 is 0 Å². The highest BCUT2D eigenvalue weighted by Crippen LogP contribution is 1.87. The van der Waals surface area contributed by atoms with Gasteiger partial charge in [-0.05, 0) is 6.42 Å². The first-order valence-corrected chi connectivity index (χ1v) is 3.90. The SMILES string of the molecule is CCCCN=C(NN)N(C)C. The molecule has 0 aromatic heterocycles. The van der Waals surface area contributed by atoms with Gasteiger partial charge >= 0.3 is 0 Å². The summed E-state index contributed by atoms with van der Waals surface area (Å²) in [7, 11) is 3.81. The van der Waals surface area contributed by atoms with Crippen molar-refractivity contribution in [2.45, 2.75) is 19.8 Å². The molecule has 0 fully saturated rings. The van der Waals surface area contributed by atoms with Crippen LogP contribution in [0.2, 0.25) is 0 Å². The first kappa shape index (κ1) is 10.2. The Kier molecular flexibility index (Phi) is 5.56. The van der Waals surface area contributed by atoms with Gasteiger partial charge in [-0.1, -0.05) is 13.3 Å². The topological polar surface area (TPSA) is 53.6 Å². The molecule has 4 heteroatoms. The van der Waals surface area contributed by atoms with Crippen LogP contribution in [0.1, 0.15) is 19.8 Å². The van der Waals surface area contributed by atoms with Crippen LogP contribution in [0.5, 0.6) is 0 Å². The molecule has 0 radical (unpaired) electrons. The van der Waals surface area contributed by atoms with Crippen molar-refractivity contribution in [1.29, 1.82) is 0 Å². The molecule has 4 nitrogen and oxygen atoms in total. The van der Waals surface area contributed by atoms with Crippen LogP contribution in [-0.4, -0.2) is 31.5 Å². The summed E-state index contributed by atoms with van der Waals surface area (Å²) >= 11 is 0. The summed E-state index contributed by atoms with van der Waals surface area (Å²) in [5, 5.41) is 0. The highest BCUT2D eigenvalue weighted by Gasteiger charge is 1.95. The standard InChI is InChI=1S/C7H18N4/c1-4-5-6-9-7(10-8)11(2)3/h4-6,8H2,1-3H3,(H,9,10). The molecule has 0 aliphatic carbocycles. The van der Waals surface area contributed by atoms with E-state index in [1.54, 1.807) is 0 Å². The summed E-state index contributed by atoms with van der Waals surface area (Å²) in [6.07, 6.45) is 2.27. The van der Waals surface area contributed by atoms with E-state index in [0.29, 0.717) is 0 Å². The molecule has 3 N–H and O–H groups in total. The first-order valence-electron chi connectivity index (χ1n) is 3.90. The van der Waals surface area contributed by atoms with Gasteiger partial charge in [-0.15, -0.1) is 0 Å². The molecule has 0 heterocycles. The Morgan fingerprint density at radius 2 is 2.18 bits per heavy atom. The van der Waals surface area contributed by atoms with Crippen LogP contribution in [0, 0.1) is 0 Å². The van der Waals surface area contributed by atoms with Crippen LogP contribution in [0.4, 0.5) is 0 Å². The molecular formula is C7H18N4. The Morgan fingerprint density at radius 3 is 2.55 bits per heavy atom. The fourth-order valence-electron chi connectivity index (χ4n) is 0.659. The van der Waals surface area contributed by atoms with Crippen LogP contribution in [-0.2, 0) is 0 Å². The van der Waals surface area contributed by atoms with E-state index in [-0.39, 0.29) is 0 Å². The predicted octanol–water partition coefficient (Wildman–Crippen LogP) is 0.167. The highest BCUT2D eigenvalue weighted by atomic mass is 15.4. The van der Waals surface area contributed by atoms with Gasteiger partial charge in [-0.25, -0.2) is 5.84 Å². The third kappa shape index (κ3) is 4.61. The molecule has 0 unspecified atom stereocenters. The zero-order valence-corrected chi connectivity index (χ0v) is 7.59. The number of guanidine groups is 1. The third-order valence-corrected chi connectivity index (χ3v) is 1.33. The second-order valence-electron chi connectivity index (χ2n) is 2.60. The molecule has 0 aliphatic heterocycles. The van der Waals surface area contributed by atoms with Gasteiger partial charge in [0, 0.05) is 20.6 Å². The normalized spacial score (nSPS) is 11.5. The van der Waals surface area contributed by atoms with Gasteiger partial charge in [-0.3, -0.25) is 10.4 Å². The van der Waals surface area contributed by atoms with Crippen molar-refractivity contribution in [3.05, 3.63) is 0 Å². The van der Waals surface area contributed by atoms with Crippen LogP contribution < -0.4 is 11.3 Å². The number of aliphatic imine (C=N–C) groups is 1.